The van der Waals surface area contributed by atoms with Crippen LogP contribution in [-0.2, 0) is 0 Å². The zero-order valence-corrected chi connectivity index (χ0v) is 15.9. The number of hydrogen-bond acceptors (Lipinski definition) is 2. The Kier molecular flexibility index (Phi) is 4.59. The monoisotopic (exact) mass is 372 g/mol. The van der Waals surface area contributed by atoms with E-state index in [4.69, 9.17) is 0 Å². The normalized spacial score (nSPS) is 15.7. The van der Waals surface area contributed by atoms with Crippen LogP contribution < -0.4 is 0 Å². The molecule has 1 atom stereocenters. The quantitative estimate of drug-likeness (QED) is 0.399. The van der Waals surface area contributed by atoms with Gasteiger partial charge in [0.25, 0.3) is 0 Å². The van der Waals surface area contributed by atoms with E-state index in [1.807, 2.05) is 30.3 Å². The van der Waals surface area contributed by atoms with E-state index in [-0.39, 0.29) is 5.92 Å². The smallest absolute Gasteiger partial charge is 0.0838 e. The molecule has 29 heavy (non-hydrogen) atoms. The molecule has 2 heteroatoms. The van der Waals surface area contributed by atoms with Crippen LogP contribution in [0.3, 0.4) is 0 Å². The van der Waals surface area contributed by atoms with E-state index in [1.165, 1.54) is 16.7 Å². The average molecular weight is 372 g/mol. The lowest BCUT2D eigenvalue weighted by Crippen LogP contribution is -2.20. The number of nitrogens with zero attached hydrogens (tertiary/aromatic N) is 2. The Hall–Kier alpha value is -3.78. The highest BCUT2D eigenvalue weighted by Gasteiger charge is 2.30. The summed E-state index contributed by atoms with van der Waals surface area (Å²) in [6.07, 6.45) is 0. The summed E-state index contributed by atoms with van der Waals surface area (Å²) in [7, 11) is 0. The van der Waals surface area contributed by atoms with Crippen molar-refractivity contribution >= 4 is 11.4 Å². The number of hydrogen-bond donors (Lipinski definition) is 0. The first-order valence-electron chi connectivity index (χ1n) is 9.82. The summed E-state index contributed by atoms with van der Waals surface area (Å²) in [5.41, 5.74) is 7.84. The van der Waals surface area contributed by atoms with Gasteiger partial charge < -0.3 is 0 Å². The minimum Gasteiger partial charge on any atom is -0.154 e. The molecule has 5 rings (SSSR count). The molecule has 1 heterocycles. The molecule has 0 radical (unpaired) electrons. The maximum absolute atomic E-state index is 4.63. The third kappa shape index (κ3) is 3.41. The van der Waals surface area contributed by atoms with Crippen molar-refractivity contribution in [1.29, 1.82) is 0 Å². The number of benzene rings is 4. The Balaban J connectivity index is 1.53. The molecule has 4 aromatic carbocycles. The van der Waals surface area contributed by atoms with Gasteiger partial charge in [0, 0.05) is 0 Å². The fourth-order valence-electron chi connectivity index (χ4n) is 3.84. The van der Waals surface area contributed by atoms with Crippen LogP contribution in [0.4, 0.5) is 0 Å². The first-order chi connectivity index (χ1) is 14.4. The minimum atomic E-state index is 0.0289. The molecule has 0 aliphatic carbocycles. The summed E-state index contributed by atoms with van der Waals surface area (Å²) < 4.78 is 0. The maximum atomic E-state index is 4.63. The first kappa shape index (κ1) is 17.3. The largest absolute Gasteiger partial charge is 0.154 e. The summed E-state index contributed by atoms with van der Waals surface area (Å²) >= 11 is 0. The zero-order valence-electron chi connectivity index (χ0n) is 15.9. The fourth-order valence-corrected chi connectivity index (χ4v) is 3.84. The Morgan fingerprint density at radius 2 is 0.759 bits per heavy atom. The van der Waals surface area contributed by atoms with Crippen molar-refractivity contribution in [2.45, 2.75) is 5.92 Å². The van der Waals surface area contributed by atoms with Crippen molar-refractivity contribution in [3.8, 4) is 11.1 Å². The maximum Gasteiger partial charge on any atom is 0.0838 e. The standard InChI is InChI=1S/C27H20N2/c1-4-10-20(11-5-1)21-16-18-24(19-17-21)27-25(22-12-6-2-7-13-22)26(28-29-27)23-14-8-3-9-15-23/h1-19,25H. The van der Waals surface area contributed by atoms with Crippen LogP contribution in [0.1, 0.15) is 22.6 Å². The topological polar surface area (TPSA) is 24.7 Å². The lowest BCUT2D eigenvalue weighted by atomic mass is 9.84. The highest BCUT2D eigenvalue weighted by Crippen LogP contribution is 2.32. The second-order valence-electron chi connectivity index (χ2n) is 7.12. The summed E-state index contributed by atoms with van der Waals surface area (Å²) in [5.74, 6) is 0.0289. The van der Waals surface area contributed by atoms with Gasteiger partial charge in [0.1, 0.15) is 0 Å². The molecule has 0 amide bonds. The lowest BCUT2D eigenvalue weighted by molar-refractivity contribution is 1.22. The van der Waals surface area contributed by atoms with Gasteiger partial charge in [-0.1, -0.05) is 115 Å². The SMILES string of the molecule is c1ccc(C2=NN=C(c3ccc(-c4ccccc4)cc3)C2c2ccccc2)cc1. The molecule has 0 spiro atoms. The molecule has 0 saturated carbocycles. The second-order valence-corrected chi connectivity index (χ2v) is 7.12. The molecule has 2 nitrogen and oxygen atoms in total. The van der Waals surface area contributed by atoms with Gasteiger partial charge in [-0.15, -0.1) is 0 Å². The summed E-state index contributed by atoms with van der Waals surface area (Å²) in [5, 5.41) is 9.24. The lowest BCUT2D eigenvalue weighted by Gasteiger charge is -2.17. The van der Waals surface area contributed by atoms with Gasteiger partial charge in [-0.3, -0.25) is 0 Å². The molecule has 138 valence electrons. The van der Waals surface area contributed by atoms with Crippen LogP contribution in [0.25, 0.3) is 11.1 Å². The van der Waals surface area contributed by atoms with Crippen LogP contribution in [-0.4, -0.2) is 11.4 Å². The Morgan fingerprint density at radius 1 is 0.379 bits per heavy atom. The van der Waals surface area contributed by atoms with E-state index in [2.05, 4.69) is 95.1 Å². The van der Waals surface area contributed by atoms with Gasteiger partial charge in [-0.25, -0.2) is 0 Å². The third-order valence-corrected chi connectivity index (χ3v) is 5.30. The van der Waals surface area contributed by atoms with E-state index < -0.39 is 0 Å². The van der Waals surface area contributed by atoms with E-state index >= 15 is 0 Å². The van der Waals surface area contributed by atoms with Crippen molar-refractivity contribution in [2.75, 3.05) is 0 Å². The fraction of sp³-hybridized carbons (Fsp3) is 0.0370. The first-order valence-corrected chi connectivity index (χ1v) is 9.82. The predicted molar refractivity (Wildman–Crippen MR) is 121 cm³/mol. The van der Waals surface area contributed by atoms with Gasteiger partial charge in [0.05, 0.1) is 17.3 Å². The Morgan fingerprint density at radius 3 is 1.31 bits per heavy atom. The van der Waals surface area contributed by atoms with Gasteiger partial charge in [-0.2, -0.15) is 10.2 Å². The molecule has 0 N–H and O–H groups in total. The summed E-state index contributed by atoms with van der Waals surface area (Å²) in [4.78, 5) is 0. The molecular formula is C27H20N2. The van der Waals surface area contributed by atoms with Crippen LogP contribution >= 0.6 is 0 Å². The molecule has 1 aliphatic heterocycles. The molecule has 0 saturated heterocycles. The van der Waals surface area contributed by atoms with E-state index in [0.29, 0.717) is 0 Å². The highest BCUT2D eigenvalue weighted by atomic mass is 15.2. The minimum absolute atomic E-state index is 0.0289. The zero-order chi connectivity index (χ0) is 19.5. The molecule has 0 aromatic heterocycles. The molecule has 0 fully saturated rings. The summed E-state index contributed by atoms with van der Waals surface area (Å²) in [6.45, 7) is 0. The molecule has 4 aromatic rings. The van der Waals surface area contributed by atoms with Gasteiger partial charge >= 0.3 is 0 Å². The molecule has 1 aliphatic rings. The van der Waals surface area contributed by atoms with Gasteiger partial charge in [0.15, 0.2) is 0 Å². The van der Waals surface area contributed by atoms with Gasteiger partial charge in [0.2, 0.25) is 0 Å². The van der Waals surface area contributed by atoms with Gasteiger partial charge in [-0.05, 0) is 27.8 Å². The van der Waals surface area contributed by atoms with Crippen molar-refractivity contribution < 1.29 is 0 Å². The third-order valence-electron chi connectivity index (χ3n) is 5.30. The number of rotatable bonds is 4. The Bertz CT molecular complexity index is 1160. The molecule has 1 unspecified atom stereocenters. The van der Waals surface area contributed by atoms with Crippen LogP contribution in [0, 0.1) is 0 Å². The van der Waals surface area contributed by atoms with E-state index in [0.717, 1.165) is 22.6 Å². The van der Waals surface area contributed by atoms with Crippen LogP contribution in [0.2, 0.25) is 0 Å². The Labute approximate surface area is 170 Å². The summed E-state index contributed by atoms with van der Waals surface area (Å²) in [6, 6.07) is 39.9. The van der Waals surface area contributed by atoms with Crippen LogP contribution in [0.5, 0.6) is 0 Å². The van der Waals surface area contributed by atoms with Crippen molar-refractivity contribution in [1.82, 2.24) is 0 Å². The van der Waals surface area contributed by atoms with Crippen molar-refractivity contribution in [3.05, 3.63) is 132 Å². The predicted octanol–water partition coefficient (Wildman–Crippen LogP) is 6.34. The molecule has 0 bridgehead atoms. The van der Waals surface area contributed by atoms with Crippen molar-refractivity contribution in [2.24, 2.45) is 10.2 Å². The second kappa shape index (κ2) is 7.69. The average Bonchev–Trinajstić information content (AvgIpc) is 3.26. The van der Waals surface area contributed by atoms with Crippen LogP contribution in [0.15, 0.2) is 125 Å². The van der Waals surface area contributed by atoms with E-state index in [9.17, 15) is 0 Å². The van der Waals surface area contributed by atoms with E-state index in [1.54, 1.807) is 0 Å². The molecular weight excluding hydrogens is 352 g/mol. The highest BCUT2D eigenvalue weighted by molar-refractivity contribution is 6.26. The van der Waals surface area contributed by atoms with Crippen molar-refractivity contribution in [3.63, 3.8) is 0 Å².